The van der Waals surface area contributed by atoms with Crippen LogP contribution in [0.4, 0.5) is 10.1 Å². The van der Waals surface area contributed by atoms with Gasteiger partial charge in [-0.15, -0.1) is 0 Å². The Hall–Kier alpha value is -1.29. The number of carbonyl (C=O) groups is 1. The Labute approximate surface area is 105 Å². The topological polar surface area (TPSA) is 40.5 Å². The lowest BCUT2D eigenvalue weighted by molar-refractivity contribution is -0.141. The number of nitrogens with zero attached hydrogens (tertiary/aromatic N) is 1. The lowest BCUT2D eigenvalue weighted by atomic mass is 10.1. The number of benzene rings is 1. The van der Waals surface area contributed by atoms with Crippen molar-refractivity contribution in [2.24, 2.45) is 5.92 Å². The molecule has 1 rings (SSSR count). The van der Waals surface area contributed by atoms with Crippen LogP contribution in [0.15, 0.2) is 18.2 Å². The number of carboxylic acid groups (broad SMARTS) is 1. The van der Waals surface area contributed by atoms with Crippen molar-refractivity contribution < 1.29 is 14.3 Å². The molecule has 0 radical (unpaired) electrons. The average Bonchev–Trinajstić information content (AvgIpc) is 2.28. The van der Waals surface area contributed by atoms with Gasteiger partial charge in [-0.3, -0.25) is 4.79 Å². The Bertz CT molecular complexity index is 411. The Morgan fingerprint density at radius 1 is 1.59 bits per heavy atom. The van der Waals surface area contributed by atoms with Crippen molar-refractivity contribution in [3.8, 4) is 0 Å². The van der Waals surface area contributed by atoms with E-state index in [1.165, 1.54) is 12.1 Å². The molecule has 1 aromatic rings. The van der Waals surface area contributed by atoms with Crippen LogP contribution in [0.2, 0.25) is 5.02 Å². The minimum atomic E-state index is -0.810. The molecule has 0 bridgehead atoms. The summed E-state index contributed by atoms with van der Waals surface area (Å²) >= 11 is 5.68. The summed E-state index contributed by atoms with van der Waals surface area (Å²) in [5.41, 5.74) is 0.772. The molecule has 0 aromatic heterocycles. The van der Waals surface area contributed by atoms with Gasteiger partial charge in [0.15, 0.2) is 0 Å². The average molecular weight is 260 g/mol. The summed E-state index contributed by atoms with van der Waals surface area (Å²) in [6.45, 7) is 2.24. The molecule has 0 aliphatic heterocycles. The third-order valence-corrected chi connectivity index (χ3v) is 2.95. The SMILES string of the molecule is CC(CCN(C)c1ccc(F)c(Cl)c1)C(=O)O. The molecule has 94 valence electrons. The minimum absolute atomic E-state index is 0.0700. The van der Waals surface area contributed by atoms with E-state index in [0.717, 1.165) is 5.69 Å². The van der Waals surface area contributed by atoms with Gasteiger partial charge in [-0.25, -0.2) is 4.39 Å². The molecule has 1 aromatic carbocycles. The van der Waals surface area contributed by atoms with E-state index in [9.17, 15) is 9.18 Å². The lowest BCUT2D eigenvalue weighted by Gasteiger charge is -2.20. The smallest absolute Gasteiger partial charge is 0.306 e. The second kappa shape index (κ2) is 5.87. The summed E-state index contributed by atoms with van der Waals surface area (Å²) in [6, 6.07) is 4.45. The highest BCUT2D eigenvalue weighted by Crippen LogP contribution is 2.22. The molecule has 0 saturated carbocycles. The van der Waals surface area contributed by atoms with E-state index in [1.54, 1.807) is 13.0 Å². The number of carboxylic acids is 1. The molecular formula is C12H15ClFNO2. The normalized spacial score (nSPS) is 12.2. The summed E-state index contributed by atoms with van der Waals surface area (Å²) in [5.74, 6) is -1.66. The zero-order valence-electron chi connectivity index (χ0n) is 9.78. The number of hydrogen-bond donors (Lipinski definition) is 1. The molecule has 0 spiro atoms. The first-order chi connectivity index (χ1) is 7.91. The van der Waals surface area contributed by atoms with Crippen molar-refractivity contribution >= 4 is 23.3 Å². The van der Waals surface area contributed by atoms with Gasteiger partial charge in [0.1, 0.15) is 5.82 Å². The van der Waals surface area contributed by atoms with Crippen LogP contribution in [0.5, 0.6) is 0 Å². The highest BCUT2D eigenvalue weighted by Gasteiger charge is 2.12. The van der Waals surface area contributed by atoms with E-state index in [-0.39, 0.29) is 5.02 Å². The van der Waals surface area contributed by atoms with Crippen LogP contribution in [0, 0.1) is 11.7 Å². The van der Waals surface area contributed by atoms with Gasteiger partial charge in [0.25, 0.3) is 0 Å². The first kappa shape index (κ1) is 13.8. The Balaban J connectivity index is 2.60. The molecule has 3 nitrogen and oxygen atoms in total. The van der Waals surface area contributed by atoms with Gasteiger partial charge in [-0.05, 0) is 24.6 Å². The Morgan fingerprint density at radius 2 is 2.24 bits per heavy atom. The second-order valence-corrected chi connectivity index (χ2v) is 4.46. The largest absolute Gasteiger partial charge is 0.481 e. The van der Waals surface area contributed by atoms with E-state index in [1.807, 2.05) is 11.9 Å². The monoisotopic (exact) mass is 259 g/mol. The van der Waals surface area contributed by atoms with Crippen LogP contribution in [-0.4, -0.2) is 24.7 Å². The molecular weight excluding hydrogens is 245 g/mol. The van der Waals surface area contributed by atoms with E-state index in [0.29, 0.717) is 13.0 Å². The summed E-state index contributed by atoms with van der Waals surface area (Å²) in [6.07, 6.45) is 0.529. The van der Waals surface area contributed by atoms with Crippen LogP contribution in [0.3, 0.4) is 0 Å². The van der Waals surface area contributed by atoms with E-state index in [4.69, 9.17) is 16.7 Å². The summed E-state index contributed by atoms with van der Waals surface area (Å²) < 4.78 is 13.0. The number of aliphatic carboxylic acids is 1. The number of halogens is 2. The van der Waals surface area contributed by atoms with Crippen molar-refractivity contribution in [2.75, 3.05) is 18.5 Å². The van der Waals surface area contributed by atoms with Crippen LogP contribution < -0.4 is 4.90 Å². The number of hydrogen-bond acceptors (Lipinski definition) is 2. The molecule has 1 atom stereocenters. The summed E-state index contributed by atoms with van der Waals surface area (Å²) in [4.78, 5) is 12.5. The Morgan fingerprint density at radius 3 is 2.76 bits per heavy atom. The maximum absolute atomic E-state index is 13.0. The zero-order valence-corrected chi connectivity index (χ0v) is 10.5. The molecule has 0 heterocycles. The zero-order chi connectivity index (χ0) is 13.0. The van der Waals surface area contributed by atoms with Crippen LogP contribution >= 0.6 is 11.6 Å². The maximum atomic E-state index is 13.0. The fourth-order valence-corrected chi connectivity index (χ4v) is 1.54. The standard InChI is InChI=1S/C12H15ClFNO2/c1-8(12(16)17)5-6-15(2)9-3-4-11(14)10(13)7-9/h3-4,7-8H,5-6H2,1-2H3,(H,16,17). The number of rotatable bonds is 5. The maximum Gasteiger partial charge on any atom is 0.306 e. The van der Waals surface area contributed by atoms with Gasteiger partial charge in [0.05, 0.1) is 10.9 Å². The first-order valence-electron chi connectivity index (χ1n) is 5.31. The number of anilines is 1. The van der Waals surface area contributed by atoms with Crippen molar-refractivity contribution in [3.05, 3.63) is 29.0 Å². The third kappa shape index (κ3) is 3.89. The summed E-state index contributed by atoms with van der Waals surface area (Å²) in [7, 11) is 1.82. The fraction of sp³-hybridized carbons (Fsp3) is 0.417. The van der Waals surface area contributed by atoms with Gasteiger partial charge >= 0.3 is 5.97 Å². The van der Waals surface area contributed by atoms with Gasteiger partial charge in [0, 0.05) is 19.3 Å². The highest BCUT2D eigenvalue weighted by molar-refractivity contribution is 6.31. The third-order valence-electron chi connectivity index (χ3n) is 2.66. The van der Waals surface area contributed by atoms with Crippen LogP contribution in [-0.2, 0) is 4.79 Å². The first-order valence-corrected chi connectivity index (χ1v) is 5.68. The predicted octanol–water partition coefficient (Wildman–Crippen LogP) is 3.03. The fourth-order valence-electron chi connectivity index (χ4n) is 1.36. The lowest BCUT2D eigenvalue weighted by Crippen LogP contribution is -2.22. The van der Waals surface area contributed by atoms with Gasteiger partial charge in [-0.1, -0.05) is 18.5 Å². The minimum Gasteiger partial charge on any atom is -0.481 e. The van der Waals surface area contributed by atoms with Crippen molar-refractivity contribution in [3.63, 3.8) is 0 Å². The quantitative estimate of drug-likeness (QED) is 0.884. The molecule has 17 heavy (non-hydrogen) atoms. The van der Waals surface area contributed by atoms with Gasteiger partial charge in [0.2, 0.25) is 0 Å². The molecule has 0 fully saturated rings. The molecule has 0 amide bonds. The summed E-state index contributed by atoms with van der Waals surface area (Å²) in [5, 5.41) is 8.83. The van der Waals surface area contributed by atoms with Crippen molar-refractivity contribution in [1.82, 2.24) is 0 Å². The molecule has 1 N–H and O–H groups in total. The molecule has 0 aliphatic rings. The molecule has 1 unspecified atom stereocenters. The van der Waals surface area contributed by atoms with E-state index in [2.05, 4.69) is 0 Å². The van der Waals surface area contributed by atoms with E-state index >= 15 is 0 Å². The van der Waals surface area contributed by atoms with Gasteiger partial charge < -0.3 is 10.0 Å². The predicted molar refractivity (Wildman–Crippen MR) is 66.1 cm³/mol. The molecule has 0 saturated heterocycles. The van der Waals surface area contributed by atoms with Gasteiger partial charge in [-0.2, -0.15) is 0 Å². The molecule has 5 heteroatoms. The van der Waals surface area contributed by atoms with Crippen LogP contribution in [0.25, 0.3) is 0 Å². The second-order valence-electron chi connectivity index (χ2n) is 4.05. The van der Waals surface area contributed by atoms with Crippen molar-refractivity contribution in [1.29, 1.82) is 0 Å². The highest BCUT2D eigenvalue weighted by atomic mass is 35.5. The molecule has 0 aliphatic carbocycles. The Kier molecular flexibility index (Phi) is 4.75. The van der Waals surface area contributed by atoms with Crippen LogP contribution in [0.1, 0.15) is 13.3 Å². The van der Waals surface area contributed by atoms with E-state index < -0.39 is 17.7 Å². The van der Waals surface area contributed by atoms with Crippen molar-refractivity contribution in [2.45, 2.75) is 13.3 Å².